The van der Waals surface area contributed by atoms with Crippen molar-refractivity contribution in [2.75, 3.05) is 17.1 Å². The molecular formula is C16H18N2O3S2. The largest absolute Gasteiger partial charge is 0.347 e. The summed E-state index contributed by atoms with van der Waals surface area (Å²) in [5.41, 5.74) is 2.16. The monoisotopic (exact) mass is 350 g/mol. The first kappa shape index (κ1) is 16.0. The van der Waals surface area contributed by atoms with Crippen molar-refractivity contribution in [3.8, 4) is 0 Å². The lowest BCUT2D eigenvalue weighted by Gasteiger charge is -2.29. The molecule has 0 bridgehead atoms. The van der Waals surface area contributed by atoms with Crippen molar-refractivity contribution >= 4 is 33.0 Å². The zero-order chi connectivity index (χ0) is 16.4. The predicted octanol–water partition coefficient (Wildman–Crippen LogP) is 2.39. The quantitative estimate of drug-likeness (QED) is 0.921. The molecule has 0 saturated carbocycles. The lowest BCUT2D eigenvalue weighted by Crippen LogP contribution is -2.34. The highest BCUT2D eigenvalue weighted by Crippen LogP contribution is 2.29. The van der Waals surface area contributed by atoms with Gasteiger partial charge in [0, 0.05) is 17.0 Å². The number of hydrogen-bond donors (Lipinski definition) is 1. The minimum absolute atomic E-state index is 0.141. The Hall–Kier alpha value is -1.86. The van der Waals surface area contributed by atoms with E-state index in [1.165, 1.54) is 10.6 Å². The van der Waals surface area contributed by atoms with Gasteiger partial charge in [-0.2, -0.15) is 0 Å². The molecule has 0 fully saturated rings. The number of thiophene rings is 1. The molecule has 0 saturated heterocycles. The lowest BCUT2D eigenvalue weighted by molar-refractivity contribution is 0.0951. The van der Waals surface area contributed by atoms with Crippen molar-refractivity contribution in [2.45, 2.75) is 19.4 Å². The smallest absolute Gasteiger partial charge is 0.251 e. The zero-order valence-electron chi connectivity index (χ0n) is 12.8. The topological polar surface area (TPSA) is 66.5 Å². The number of rotatable bonds is 4. The van der Waals surface area contributed by atoms with E-state index in [0.29, 0.717) is 24.3 Å². The second-order valence-electron chi connectivity index (χ2n) is 5.54. The normalized spacial score (nSPS) is 14.4. The fourth-order valence-electron chi connectivity index (χ4n) is 2.73. The van der Waals surface area contributed by atoms with E-state index in [2.05, 4.69) is 5.32 Å². The zero-order valence-corrected chi connectivity index (χ0v) is 14.4. The summed E-state index contributed by atoms with van der Waals surface area (Å²) in [5.74, 6) is -0.141. The Labute approximate surface area is 140 Å². The Kier molecular flexibility index (Phi) is 4.41. The molecule has 1 aliphatic heterocycles. The molecule has 5 nitrogen and oxygen atoms in total. The molecule has 0 atom stereocenters. The summed E-state index contributed by atoms with van der Waals surface area (Å²) in [7, 11) is -3.28. The number of amides is 1. The highest BCUT2D eigenvalue weighted by atomic mass is 32.2. The van der Waals surface area contributed by atoms with E-state index >= 15 is 0 Å². The minimum Gasteiger partial charge on any atom is -0.347 e. The Morgan fingerprint density at radius 2 is 2.17 bits per heavy atom. The minimum atomic E-state index is -3.28. The Balaban J connectivity index is 1.79. The molecule has 1 N–H and O–H groups in total. The number of anilines is 1. The van der Waals surface area contributed by atoms with Crippen LogP contribution >= 0.6 is 11.3 Å². The third kappa shape index (κ3) is 3.56. The van der Waals surface area contributed by atoms with Crippen LogP contribution in [0, 0.1) is 0 Å². The number of sulfonamides is 1. The van der Waals surface area contributed by atoms with Crippen molar-refractivity contribution < 1.29 is 13.2 Å². The van der Waals surface area contributed by atoms with Gasteiger partial charge >= 0.3 is 0 Å². The van der Waals surface area contributed by atoms with Gasteiger partial charge in [-0.1, -0.05) is 6.07 Å². The maximum absolute atomic E-state index is 12.3. The molecule has 2 aromatic rings. The molecule has 23 heavy (non-hydrogen) atoms. The van der Waals surface area contributed by atoms with Gasteiger partial charge in [-0.05, 0) is 48.1 Å². The molecule has 0 radical (unpaired) electrons. The molecule has 1 amide bonds. The first-order chi connectivity index (χ1) is 10.9. The van der Waals surface area contributed by atoms with Gasteiger partial charge in [0.25, 0.3) is 5.91 Å². The summed E-state index contributed by atoms with van der Waals surface area (Å²) in [5, 5.41) is 4.86. The van der Waals surface area contributed by atoms with E-state index in [-0.39, 0.29) is 5.91 Å². The SMILES string of the molecule is CS(=O)(=O)N1CCCc2cc(C(=O)NCc3cccs3)ccc21. The maximum atomic E-state index is 12.3. The summed E-state index contributed by atoms with van der Waals surface area (Å²) >= 11 is 1.60. The van der Waals surface area contributed by atoms with Gasteiger partial charge in [-0.3, -0.25) is 9.10 Å². The molecular weight excluding hydrogens is 332 g/mol. The maximum Gasteiger partial charge on any atom is 0.251 e. The number of nitrogens with zero attached hydrogens (tertiary/aromatic N) is 1. The average Bonchev–Trinajstić information content (AvgIpc) is 3.04. The summed E-state index contributed by atoms with van der Waals surface area (Å²) in [6.45, 7) is 0.999. The fraction of sp³-hybridized carbons (Fsp3) is 0.312. The molecule has 2 heterocycles. The van der Waals surface area contributed by atoms with Crippen molar-refractivity contribution in [2.24, 2.45) is 0 Å². The molecule has 0 spiro atoms. The summed E-state index contributed by atoms with van der Waals surface area (Å²) in [6, 6.07) is 9.14. The Morgan fingerprint density at radius 1 is 1.35 bits per heavy atom. The third-order valence-corrected chi connectivity index (χ3v) is 5.88. The van der Waals surface area contributed by atoms with Crippen LogP contribution in [0.2, 0.25) is 0 Å². The number of aryl methyl sites for hydroxylation is 1. The number of nitrogens with one attached hydrogen (secondary N) is 1. The van der Waals surface area contributed by atoms with Crippen molar-refractivity contribution in [1.29, 1.82) is 0 Å². The number of benzene rings is 1. The highest BCUT2D eigenvalue weighted by molar-refractivity contribution is 7.92. The van der Waals surface area contributed by atoms with Crippen LogP contribution in [0.1, 0.15) is 27.2 Å². The second kappa shape index (κ2) is 6.33. The highest BCUT2D eigenvalue weighted by Gasteiger charge is 2.24. The van der Waals surface area contributed by atoms with E-state index in [4.69, 9.17) is 0 Å². The van der Waals surface area contributed by atoms with Crippen LogP contribution in [0.25, 0.3) is 0 Å². The number of carbonyl (C=O) groups excluding carboxylic acids is 1. The van der Waals surface area contributed by atoms with Gasteiger partial charge in [-0.15, -0.1) is 11.3 Å². The third-order valence-electron chi connectivity index (χ3n) is 3.82. The van der Waals surface area contributed by atoms with Gasteiger partial charge in [0.2, 0.25) is 10.0 Å². The van der Waals surface area contributed by atoms with Gasteiger partial charge in [-0.25, -0.2) is 8.42 Å². The Bertz CT molecular complexity index is 814. The molecule has 1 aromatic heterocycles. The lowest BCUT2D eigenvalue weighted by atomic mass is 10.0. The van der Waals surface area contributed by atoms with Gasteiger partial charge < -0.3 is 5.32 Å². The molecule has 1 aliphatic rings. The number of fused-ring (bicyclic) bond motifs is 1. The van der Waals surface area contributed by atoms with E-state index in [9.17, 15) is 13.2 Å². The number of hydrogen-bond acceptors (Lipinski definition) is 4. The van der Waals surface area contributed by atoms with Crippen LogP contribution in [-0.2, 0) is 23.0 Å². The average molecular weight is 350 g/mol. The van der Waals surface area contributed by atoms with Crippen molar-refractivity contribution in [1.82, 2.24) is 5.32 Å². The summed E-state index contributed by atoms with van der Waals surface area (Å²) < 4.78 is 25.1. The Morgan fingerprint density at radius 3 is 2.87 bits per heavy atom. The van der Waals surface area contributed by atoms with Crippen LogP contribution in [0.3, 0.4) is 0 Å². The molecule has 1 aromatic carbocycles. The predicted molar refractivity (Wildman–Crippen MR) is 92.4 cm³/mol. The van der Waals surface area contributed by atoms with Crippen molar-refractivity contribution in [3.63, 3.8) is 0 Å². The summed E-state index contributed by atoms with van der Waals surface area (Å²) in [6.07, 6.45) is 2.76. The second-order valence-corrected chi connectivity index (χ2v) is 8.48. The van der Waals surface area contributed by atoms with Crippen molar-refractivity contribution in [3.05, 3.63) is 51.7 Å². The van der Waals surface area contributed by atoms with Gasteiger partial charge in [0.1, 0.15) is 0 Å². The fourth-order valence-corrected chi connectivity index (χ4v) is 4.37. The van der Waals surface area contributed by atoms with E-state index in [0.717, 1.165) is 23.3 Å². The van der Waals surface area contributed by atoms with Crippen LogP contribution in [0.15, 0.2) is 35.7 Å². The van der Waals surface area contributed by atoms with Crippen LogP contribution < -0.4 is 9.62 Å². The van der Waals surface area contributed by atoms with E-state index in [1.807, 2.05) is 17.5 Å². The van der Waals surface area contributed by atoms with Gasteiger partial charge in [0.15, 0.2) is 0 Å². The summed E-state index contributed by atoms with van der Waals surface area (Å²) in [4.78, 5) is 13.4. The van der Waals surface area contributed by atoms with E-state index < -0.39 is 10.0 Å². The first-order valence-electron chi connectivity index (χ1n) is 7.36. The number of carbonyl (C=O) groups is 1. The molecule has 122 valence electrons. The van der Waals surface area contributed by atoms with Crippen LogP contribution in [0.4, 0.5) is 5.69 Å². The van der Waals surface area contributed by atoms with Gasteiger partial charge in [0.05, 0.1) is 18.5 Å². The molecule has 3 rings (SSSR count). The molecule has 0 aliphatic carbocycles. The standard InChI is InChI=1S/C16H18N2O3S2/c1-23(20,21)18-8-2-4-12-10-13(6-7-15(12)18)16(19)17-11-14-5-3-9-22-14/h3,5-7,9-10H,2,4,8,11H2,1H3,(H,17,19). The van der Waals surface area contributed by atoms with Crippen LogP contribution in [-0.4, -0.2) is 27.1 Å². The van der Waals surface area contributed by atoms with Crippen LogP contribution in [0.5, 0.6) is 0 Å². The molecule has 7 heteroatoms. The molecule has 0 unspecified atom stereocenters. The van der Waals surface area contributed by atoms with E-state index in [1.54, 1.807) is 29.5 Å². The first-order valence-corrected chi connectivity index (χ1v) is 10.1.